The van der Waals surface area contributed by atoms with E-state index in [0.717, 1.165) is 23.4 Å². The van der Waals surface area contributed by atoms with Crippen molar-refractivity contribution >= 4 is 11.5 Å². The maximum Gasteiger partial charge on any atom is 0.416 e. The van der Waals surface area contributed by atoms with E-state index in [0.29, 0.717) is 6.42 Å². The molecule has 19 heavy (non-hydrogen) atoms. The van der Waals surface area contributed by atoms with E-state index in [-0.39, 0.29) is 6.04 Å². The quantitative estimate of drug-likeness (QED) is 0.939. The number of halogens is 3. The number of nitrogens with one attached hydrogen (secondary N) is 1. The van der Waals surface area contributed by atoms with Gasteiger partial charge in [-0.1, -0.05) is 16.6 Å². The molecular formula is C12H12F3N3S. The molecule has 7 heteroatoms. The maximum atomic E-state index is 12.4. The molecule has 1 atom stereocenters. The van der Waals surface area contributed by atoms with E-state index in [9.17, 15) is 13.2 Å². The van der Waals surface area contributed by atoms with Gasteiger partial charge < -0.3 is 5.32 Å². The lowest BCUT2D eigenvalue weighted by Gasteiger charge is -2.14. The van der Waals surface area contributed by atoms with Gasteiger partial charge in [0.05, 0.1) is 17.3 Å². The Balaban J connectivity index is 2.11. The van der Waals surface area contributed by atoms with Crippen LogP contribution in [-0.2, 0) is 12.6 Å². The van der Waals surface area contributed by atoms with E-state index in [1.807, 2.05) is 5.38 Å². The largest absolute Gasteiger partial charge is 0.416 e. The predicted molar refractivity (Wildman–Crippen MR) is 66.9 cm³/mol. The lowest BCUT2D eigenvalue weighted by Crippen LogP contribution is -2.19. The molecule has 0 bridgehead atoms. The van der Waals surface area contributed by atoms with E-state index in [1.165, 1.54) is 23.7 Å². The summed E-state index contributed by atoms with van der Waals surface area (Å²) in [4.78, 5) is 0. The molecule has 0 saturated carbocycles. The molecule has 102 valence electrons. The standard InChI is InChI=1S/C12H12F3N3S/c1-16-10(11-7-19-18-17-11)6-8-2-4-9(5-3-8)12(13,14)15/h2-5,7,10,16H,6H2,1H3. The zero-order chi connectivity index (χ0) is 13.9. The normalized spacial score (nSPS) is 13.5. The van der Waals surface area contributed by atoms with Gasteiger partial charge in [-0.2, -0.15) is 13.2 Å². The molecule has 1 aromatic heterocycles. The number of likely N-dealkylation sites (N-methyl/N-ethyl adjacent to an activating group) is 1. The lowest BCUT2D eigenvalue weighted by molar-refractivity contribution is -0.137. The van der Waals surface area contributed by atoms with Crippen LogP contribution in [0, 0.1) is 0 Å². The van der Waals surface area contributed by atoms with Crippen molar-refractivity contribution in [1.29, 1.82) is 0 Å². The molecule has 3 nitrogen and oxygen atoms in total. The fourth-order valence-corrected chi connectivity index (χ4v) is 2.25. The minimum Gasteiger partial charge on any atom is -0.311 e. The summed E-state index contributed by atoms with van der Waals surface area (Å²) >= 11 is 1.25. The molecule has 1 N–H and O–H groups in total. The van der Waals surface area contributed by atoms with E-state index < -0.39 is 11.7 Å². The maximum absolute atomic E-state index is 12.4. The average molecular weight is 287 g/mol. The van der Waals surface area contributed by atoms with Gasteiger partial charge in [0, 0.05) is 5.38 Å². The minimum atomic E-state index is -4.29. The smallest absolute Gasteiger partial charge is 0.311 e. The van der Waals surface area contributed by atoms with Crippen LogP contribution in [0.4, 0.5) is 13.2 Å². The summed E-state index contributed by atoms with van der Waals surface area (Å²) in [5.41, 5.74) is 0.986. The Hall–Kier alpha value is -1.47. The number of nitrogens with zero attached hydrogens (tertiary/aromatic N) is 2. The molecule has 2 aromatic rings. The van der Waals surface area contributed by atoms with Gasteiger partial charge in [0.25, 0.3) is 0 Å². The fourth-order valence-electron chi connectivity index (χ4n) is 1.74. The highest BCUT2D eigenvalue weighted by atomic mass is 32.1. The van der Waals surface area contributed by atoms with E-state index in [4.69, 9.17) is 0 Å². The summed E-state index contributed by atoms with van der Waals surface area (Å²) in [6.45, 7) is 0. The highest BCUT2D eigenvalue weighted by Crippen LogP contribution is 2.29. The molecule has 1 heterocycles. The Labute approximate surface area is 112 Å². The summed E-state index contributed by atoms with van der Waals surface area (Å²) in [7, 11) is 1.79. The number of alkyl halides is 3. The molecule has 1 unspecified atom stereocenters. The Morgan fingerprint density at radius 3 is 2.42 bits per heavy atom. The van der Waals surface area contributed by atoms with Crippen LogP contribution >= 0.6 is 11.5 Å². The van der Waals surface area contributed by atoms with Crippen molar-refractivity contribution in [2.45, 2.75) is 18.6 Å². The van der Waals surface area contributed by atoms with Crippen molar-refractivity contribution in [2.24, 2.45) is 0 Å². The third kappa shape index (κ3) is 3.51. The molecule has 0 fully saturated rings. The number of benzene rings is 1. The number of aromatic nitrogens is 2. The van der Waals surface area contributed by atoms with Crippen LogP contribution in [-0.4, -0.2) is 16.6 Å². The van der Waals surface area contributed by atoms with Crippen LogP contribution in [0.15, 0.2) is 29.6 Å². The lowest BCUT2D eigenvalue weighted by atomic mass is 10.0. The van der Waals surface area contributed by atoms with Crippen LogP contribution in [0.5, 0.6) is 0 Å². The first-order valence-electron chi connectivity index (χ1n) is 5.61. The number of rotatable bonds is 4. The van der Waals surface area contributed by atoms with Crippen molar-refractivity contribution in [1.82, 2.24) is 14.9 Å². The summed E-state index contributed by atoms with van der Waals surface area (Å²) in [6, 6.07) is 5.14. The minimum absolute atomic E-state index is 0.0458. The molecule has 0 amide bonds. The summed E-state index contributed by atoms with van der Waals surface area (Å²) in [5, 5.41) is 8.87. The first kappa shape index (κ1) is 14.0. The molecule has 0 aliphatic carbocycles. The van der Waals surface area contributed by atoms with Crippen LogP contribution in [0.1, 0.15) is 22.9 Å². The Morgan fingerprint density at radius 1 is 1.26 bits per heavy atom. The van der Waals surface area contributed by atoms with Crippen molar-refractivity contribution in [2.75, 3.05) is 7.05 Å². The molecule has 0 spiro atoms. The van der Waals surface area contributed by atoms with Crippen molar-refractivity contribution in [3.63, 3.8) is 0 Å². The third-order valence-corrected chi connectivity index (χ3v) is 3.33. The van der Waals surface area contributed by atoms with Gasteiger partial charge in [-0.3, -0.25) is 0 Å². The zero-order valence-electron chi connectivity index (χ0n) is 10.1. The molecular weight excluding hydrogens is 275 g/mol. The van der Waals surface area contributed by atoms with Crippen molar-refractivity contribution < 1.29 is 13.2 Å². The average Bonchev–Trinajstić information content (AvgIpc) is 2.89. The van der Waals surface area contributed by atoms with Gasteiger partial charge in [-0.25, -0.2) is 0 Å². The van der Waals surface area contributed by atoms with Crippen LogP contribution in [0.25, 0.3) is 0 Å². The summed E-state index contributed by atoms with van der Waals surface area (Å²) in [6.07, 6.45) is -3.72. The number of hydrogen-bond acceptors (Lipinski definition) is 4. The summed E-state index contributed by atoms with van der Waals surface area (Å²) in [5.74, 6) is 0. The molecule has 2 rings (SSSR count). The second-order valence-corrected chi connectivity index (χ2v) is 4.68. The van der Waals surface area contributed by atoms with Crippen LogP contribution in [0.3, 0.4) is 0 Å². The van der Waals surface area contributed by atoms with Crippen LogP contribution in [0.2, 0.25) is 0 Å². The highest BCUT2D eigenvalue weighted by Gasteiger charge is 2.30. The molecule has 0 saturated heterocycles. The zero-order valence-corrected chi connectivity index (χ0v) is 10.9. The third-order valence-electron chi connectivity index (χ3n) is 2.80. The monoisotopic (exact) mass is 287 g/mol. The van der Waals surface area contributed by atoms with E-state index in [1.54, 1.807) is 7.05 Å². The van der Waals surface area contributed by atoms with Crippen LogP contribution < -0.4 is 5.32 Å². The molecule has 0 radical (unpaired) electrons. The SMILES string of the molecule is CNC(Cc1ccc(C(F)(F)F)cc1)c1csnn1. The first-order valence-corrected chi connectivity index (χ1v) is 6.44. The van der Waals surface area contributed by atoms with E-state index >= 15 is 0 Å². The molecule has 0 aliphatic heterocycles. The highest BCUT2D eigenvalue weighted by molar-refractivity contribution is 7.03. The Kier molecular flexibility index (Phi) is 4.16. The Bertz CT molecular complexity index is 508. The van der Waals surface area contributed by atoms with Gasteiger partial charge in [0.2, 0.25) is 0 Å². The van der Waals surface area contributed by atoms with Crippen molar-refractivity contribution in [3.05, 3.63) is 46.5 Å². The summed E-state index contributed by atoms with van der Waals surface area (Å²) < 4.78 is 41.1. The van der Waals surface area contributed by atoms with Gasteiger partial charge >= 0.3 is 6.18 Å². The van der Waals surface area contributed by atoms with Crippen molar-refractivity contribution in [3.8, 4) is 0 Å². The molecule has 0 aliphatic rings. The first-order chi connectivity index (χ1) is 9.00. The number of hydrogen-bond donors (Lipinski definition) is 1. The topological polar surface area (TPSA) is 37.8 Å². The fraction of sp³-hybridized carbons (Fsp3) is 0.333. The van der Waals surface area contributed by atoms with Gasteiger partial charge in [-0.15, -0.1) is 5.10 Å². The predicted octanol–water partition coefficient (Wildman–Crippen LogP) is 3.06. The second-order valence-electron chi connectivity index (χ2n) is 4.07. The molecule has 1 aromatic carbocycles. The van der Waals surface area contributed by atoms with Gasteiger partial charge in [0.15, 0.2) is 0 Å². The Morgan fingerprint density at radius 2 is 1.95 bits per heavy atom. The second kappa shape index (κ2) is 5.66. The van der Waals surface area contributed by atoms with Gasteiger partial charge in [0.1, 0.15) is 0 Å². The van der Waals surface area contributed by atoms with Gasteiger partial charge in [-0.05, 0) is 42.7 Å². The van der Waals surface area contributed by atoms with E-state index in [2.05, 4.69) is 14.9 Å².